The Morgan fingerprint density at radius 1 is 1.10 bits per heavy atom. The molecule has 0 saturated carbocycles. The van der Waals surface area contributed by atoms with Crippen molar-refractivity contribution in [2.75, 3.05) is 12.3 Å². The van der Waals surface area contributed by atoms with Gasteiger partial charge in [-0.1, -0.05) is 0 Å². The van der Waals surface area contributed by atoms with E-state index in [-0.39, 0.29) is 22.8 Å². The number of hydrogen-bond donors (Lipinski definition) is 3. The Labute approximate surface area is 182 Å². The van der Waals surface area contributed by atoms with Crippen LogP contribution in [0.15, 0.2) is 63.8 Å². The lowest BCUT2D eigenvalue weighted by molar-refractivity contribution is -0.120. The lowest BCUT2D eigenvalue weighted by atomic mass is 9.92. The van der Waals surface area contributed by atoms with Gasteiger partial charge in [-0.15, -0.1) is 0 Å². The summed E-state index contributed by atoms with van der Waals surface area (Å²) >= 11 is 4.10. The lowest BCUT2D eigenvalue weighted by Crippen LogP contribution is -2.25. The van der Waals surface area contributed by atoms with E-state index in [2.05, 4.69) is 17.9 Å². The van der Waals surface area contributed by atoms with Crippen LogP contribution in [0, 0.1) is 0 Å². The van der Waals surface area contributed by atoms with Crippen LogP contribution in [0.3, 0.4) is 0 Å². The zero-order valence-corrected chi connectivity index (χ0v) is 17.0. The van der Waals surface area contributed by atoms with E-state index in [1.54, 1.807) is 24.3 Å². The van der Waals surface area contributed by atoms with E-state index >= 15 is 0 Å². The largest absolute Gasteiger partial charge is 0.508 e. The molecule has 156 valence electrons. The fourth-order valence-corrected chi connectivity index (χ4v) is 3.55. The smallest absolute Gasteiger partial charge is 0.298 e. The molecule has 1 amide bonds. The minimum atomic E-state index is -0.304. The Balaban J connectivity index is 2.05. The molecule has 2 aromatic rings. The zero-order valence-electron chi connectivity index (χ0n) is 16.1. The van der Waals surface area contributed by atoms with Crippen molar-refractivity contribution in [1.29, 1.82) is 0 Å². The molecule has 0 spiro atoms. The van der Waals surface area contributed by atoms with Gasteiger partial charge in [0.15, 0.2) is 5.43 Å². The number of nitrogens with one attached hydrogen (secondary N) is 1. The van der Waals surface area contributed by atoms with Crippen LogP contribution in [0.5, 0.6) is 11.5 Å². The van der Waals surface area contributed by atoms with Crippen molar-refractivity contribution >= 4 is 36.0 Å². The lowest BCUT2D eigenvalue weighted by Gasteiger charge is -2.17. The molecule has 7 nitrogen and oxygen atoms in total. The number of fused-ring (bicyclic) bond motifs is 2. The maximum absolute atomic E-state index is 12.5. The third kappa shape index (κ3) is 3.97. The predicted molar refractivity (Wildman–Crippen MR) is 119 cm³/mol. The van der Waals surface area contributed by atoms with Crippen molar-refractivity contribution < 1.29 is 23.8 Å². The van der Waals surface area contributed by atoms with Gasteiger partial charge in [0, 0.05) is 52.1 Å². The van der Waals surface area contributed by atoms with E-state index in [1.165, 1.54) is 30.3 Å². The van der Waals surface area contributed by atoms with Crippen molar-refractivity contribution in [3.05, 3.63) is 70.4 Å². The Morgan fingerprint density at radius 3 is 2.71 bits per heavy atom. The number of phenolic OH excluding ortho intramolecular Hbond substituents is 1. The molecule has 0 bridgehead atoms. The summed E-state index contributed by atoms with van der Waals surface area (Å²) in [6.45, 7) is 0.699. The first-order chi connectivity index (χ1) is 15.0. The SMILES string of the molecule is O=COc1ccc(C(=O)NCCS)cc1-c1c2ccc(=O)cc-2oc2cc(O)ccc12. The van der Waals surface area contributed by atoms with Crippen molar-refractivity contribution in [1.82, 2.24) is 5.32 Å². The molecule has 0 aromatic heterocycles. The molecule has 2 aliphatic rings. The molecule has 1 heterocycles. The maximum Gasteiger partial charge on any atom is 0.298 e. The molecule has 1 aliphatic carbocycles. The maximum atomic E-state index is 12.5. The summed E-state index contributed by atoms with van der Waals surface area (Å²) in [6.07, 6.45) is 0. The first kappa shape index (κ1) is 20.5. The molecule has 31 heavy (non-hydrogen) atoms. The van der Waals surface area contributed by atoms with E-state index in [4.69, 9.17) is 9.15 Å². The number of ether oxygens (including phenoxy) is 1. The van der Waals surface area contributed by atoms with E-state index in [0.29, 0.717) is 57.8 Å². The van der Waals surface area contributed by atoms with Gasteiger partial charge in [-0.25, -0.2) is 0 Å². The summed E-state index contributed by atoms with van der Waals surface area (Å²) in [5.74, 6) is 0.698. The number of benzene rings is 3. The summed E-state index contributed by atoms with van der Waals surface area (Å²) in [7, 11) is 0. The highest BCUT2D eigenvalue weighted by molar-refractivity contribution is 7.80. The number of aromatic hydroxyl groups is 1. The average Bonchev–Trinajstić information content (AvgIpc) is 2.76. The molecular formula is C23H17NO6S. The standard InChI is InChI=1S/C23H17NO6S/c25-12-29-19-6-1-13(23(28)24-7-8-31)9-18(19)22-16-4-2-14(26)10-20(16)30-21-11-15(27)3-5-17(21)22/h1-6,9-12,26,31H,7-8H2,(H,24,28). The number of hydrogen-bond acceptors (Lipinski definition) is 7. The molecule has 2 N–H and O–H groups in total. The normalized spacial score (nSPS) is 10.9. The molecule has 1 aliphatic heterocycles. The van der Waals surface area contributed by atoms with Crippen LogP contribution >= 0.6 is 12.6 Å². The molecule has 0 saturated heterocycles. The summed E-state index contributed by atoms with van der Waals surface area (Å²) in [6, 6.07) is 13.6. The van der Waals surface area contributed by atoms with Crippen LogP contribution < -0.4 is 15.5 Å². The minimum Gasteiger partial charge on any atom is -0.508 e. The highest BCUT2D eigenvalue weighted by atomic mass is 32.1. The minimum absolute atomic E-state index is 0.0101. The van der Waals surface area contributed by atoms with Gasteiger partial charge in [-0.2, -0.15) is 12.6 Å². The van der Waals surface area contributed by atoms with Crippen molar-refractivity contribution in [3.8, 4) is 33.9 Å². The molecule has 0 unspecified atom stereocenters. The molecule has 0 fully saturated rings. The summed E-state index contributed by atoms with van der Waals surface area (Å²) in [5, 5.41) is 13.3. The van der Waals surface area contributed by atoms with Gasteiger partial charge in [-0.3, -0.25) is 14.4 Å². The zero-order chi connectivity index (χ0) is 22.0. The van der Waals surface area contributed by atoms with Gasteiger partial charge in [-0.05, 0) is 42.5 Å². The predicted octanol–water partition coefficient (Wildman–Crippen LogP) is 3.47. The quantitative estimate of drug-likeness (QED) is 0.243. The molecule has 0 radical (unpaired) electrons. The Hall–Kier alpha value is -3.78. The number of thiol groups is 1. The van der Waals surface area contributed by atoms with Crippen LogP contribution in [0.4, 0.5) is 0 Å². The highest BCUT2D eigenvalue weighted by Crippen LogP contribution is 2.44. The number of phenols is 1. The van der Waals surface area contributed by atoms with Crippen molar-refractivity contribution in [2.24, 2.45) is 0 Å². The Kier molecular flexibility index (Phi) is 5.64. The molecule has 4 rings (SSSR count). The second-order valence-corrected chi connectivity index (χ2v) is 7.17. The third-order valence-corrected chi connectivity index (χ3v) is 4.98. The van der Waals surface area contributed by atoms with Crippen molar-refractivity contribution in [3.63, 3.8) is 0 Å². The number of carbonyl (C=O) groups is 2. The van der Waals surface area contributed by atoms with Crippen LogP contribution in [-0.2, 0) is 4.79 Å². The average molecular weight is 435 g/mol. The van der Waals surface area contributed by atoms with Gasteiger partial charge >= 0.3 is 0 Å². The second kappa shape index (κ2) is 8.53. The van der Waals surface area contributed by atoms with Crippen LogP contribution in [0.1, 0.15) is 10.4 Å². The fraction of sp³-hybridized carbons (Fsp3) is 0.0870. The summed E-state index contributed by atoms with van der Waals surface area (Å²) in [5.41, 5.74) is 2.08. The van der Waals surface area contributed by atoms with E-state index < -0.39 is 0 Å². The van der Waals surface area contributed by atoms with Gasteiger partial charge in [0.05, 0.1) is 0 Å². The van der Waals surface area contributed by atoms with Crippen molar-refractivity contribution in [2.45, 2.75) is 0 Å². The third-order valence-electron chi connectivity index (χ3n) is 4.76. The topological polar surface area (TPSA) is 106 Å². The van der Waals surface area contributed by atoms with Crippen LogP contribution in [0.25, 0.3) is 33.4 Å². The van der Waals surface area contributed by atoms with Gasteiger partial charge in [0.25, 0.3) is 12.4 Å². The van der Waals surface area contributed by atoms with Gasteiger partial charge < -0.3 is 19.6 Å². The van der Waals surface area contributed by atoms with Crippen LogP contribution in [0.2, 0.25) is 0 Å². The summed E-state index contributed by atoms with van der Waals surface area (Å²) < 4.78 is 11.0. The molecule has 2 aromatic carbocycles. The second-order valence-electron chi connectivity index (χ2n) is 6.72. The highest BCUT2D eigenvalue weighted by Gasteiger charge is 2.22. The first-order valence-corrected chi connectivity index (χ1v) is 9.98. The van der Waals surface area contributed by atoms with E-state index in [9.17, 15) is 19.5 Å². The van der Waals surface area contributed by atoms with E-state index in [1.807, 2.05) is 0 Å². The molecular weight excluding hydrogens is 418 g/mol. The Morgan fingerprint density at radius 2 is 1.94 bits per heavy atom. The van der Waals surface area contributed by atoms with Gasteiger partial charge in [0.2, 0.25) is 0 Å². The molecule has 0 atom stereocenters. The fourth-order valence-electron chi connectivity index (χ4n) is 3.44. The Bertz CT molecular complexity index is 1330. The monoisotopic (exact) mass is 435 g/mol. The number of carbonyl (C=O) groups excluding carboxylic acids is 2. The molecule has 8 heteroatoms. The first-order valence-electron chi connectivity index (χ1n) is 9.35. The van der Waals surface area contributed by atoms with E-state index in [0.717, 1.165) is 0 Å². The summed E-state index contributed by atoms with van der Waals surface area (Å²) in [4.78, 5) is 35.6. The van der Waals surface area contributed by atoms with Gasteiger partial charge in [0.1, 0.15) is 22.8 Å². The number of rotatable bonds is 6. The number of amides is 1. The van der Waals surface area contributed by atoms with Crippen LogP contribution in [-0.4, -0.2) is 29.8 Å².